The van der Waals surface area contributed by atoms with E-state index < -0.39 is 0 Å². The number of nitrogens with zero attached hydrogens (tertiary/aromatic N) is 3. The van der Waals surface area contributed by atoms with Crippen LogP contribution >= 0.6 is 0 Å². The zero-order valence-electron chi connectivity index (χ0n) is 16.8. The maximum absolute atomic E-state index is 12.5. The third kappa shape index (κ3) is 5.58. The fourth-order valence-electron chi connectivity index (χ4n) is 3.73. The molecule has 0 bridgehead atoms. The lowest BCUT2D eigenvalue weighted by atomic mass is 10.1. The van der Waals surface area contributed by atoms with E-state index in [0.29, 0.717) is 26.2 Å². The van der Waals surface area contributed by atoms with Crippen LogP contribution in [0.2, 0.25) is 0 Å². The Bertz CT molecular complexity index is 690. The van der Waals surface area contributed by atoms with Gasteiger partial charge < -0.3 is 14.5 Å². The second-order valence-corrected chi connectivity index (χ2v) is 7.35. The minimum absolute atomic E-state index is 0.00769. The molecule has 0 N–H and O–H groups in total. The van der Waals surface area contributed by atoms with E-state index >= 15 is 0 Å². The van der Waals surface area contributed by atoms with Crippen molar-refractivity contribution in [2.24, 2.45) is 0 Å². The summed E-state index contributed by atoms with van der Waals surface area (Å²) in [5.74, 6) is 1.02. The van der Waals surface area contributed by atoms with Gasteiger partial charge in [0.15, 0.2) is 0 Å². The average molecular weight is 386 g/mol. The maximum atomic E-state index is 12.5. The van der Waals surface area contributed by atoms with Crippen molar-refractivity contribution in [2.45, 2.75) is 26.2 Å². The zero-order valence-corrected chi connectivity index (χ0v) is 16.8. The van der Waals surface area contributed by atoms with Gasteiger partial charge in [-0.05, 0) is 38.3 Å². The molecule has 0 aliphatic carbocycles. The summed E-state index contributed by atoms with van der Waals surface area (Å²) in [5, 5.41) is 0. The molecule has 2 heterocycles. The van der Waals surface area contributed by atoms with Crippen LogP contribution in [0.3, 0.4) is 0 Å². The number of likely N-dealkylation sites (tertiary alicyclic amines) is 1. The molecule has 0 unspecified atom stereocenters. The van der Waals surface area contributed by atoms with Crippen molar-refractivity contribution in [2.75, 3.05) is 52.4 Å². The van der Waals surface area contributed by atoms with Gasteiger partial charge in [-0.2, -0.15) is 0 Å². The number of carbonyl (C=O) groups excluding carboxylic acids is 2. The number of piperazine rings is 1. The predicted octanol–water partition coefficient (Wildman–Crippen LogP) is 2.26. The molecule has 3 rings (SSSR count). The van der Waals surface area contributed by atoms with E-state index in [2.05, 4.69) is 4.90 Å². The van der Waals surface area contributed by atoms with Crippen LogP contribution in [0.4, 0.5) is 0 Å². The molecule has 2 saturated heterocycles. The number of amides is 2. The van der Waals surface area contributed by atoms with E-state index in [1.165, 1.54) is 6.42 Å². The van der Waals surface area contributed by atoms with Crippen molar-refractivity contribution in [1.29, 1.82) is 0 Å². The summed E-state index contributed by atoms with van der Waals surface area (Å²) in [6.07, 6.45) is 6.90. The number of ether oxygens (including phenoxy) is 1. The third-order valence-corrected chi connectivity index (χ3v) is 5.38. The first kappa shape index (κ1) is 20.4. The van der Waals surface area contributed by atoms with Crippen LogP contribution in [-0.4, -0.2) is 78.9 Å². The van der Waals surface area contributed by atoms with Gasteiger partial charge in [0.2, 0.25) is 11.8 Å². The van der Waals surface area contributed by atoms with Gasteiger partial charge in [-0.1, -0.05) is 18.2 Å². The molecule has 0 aromatic heterocycles. The van der Waals surface area contributed by atoms with Crippen LogP contribution in [0.15, 0.2) is 30.3 Å². The second kappa shape index (κ2) is 10.3. The molecule has 152 valence electrons. The molecule has 2 aliphatic rings. The Kier molecular flexibility index (Phi) is 7.48. The fourth-order valence-corrected chi connectivity index (χ4v) is 3.73. The van der Waals surface area contributed by atoms with Crippen LogP contribution < -0.4 is 4.74 Å². The molecule has 6 nitrogen and oxygen atoms in total. The molecule has 6 heteroatoms. The van der Waals surface area contributed by atoms with E-state index in [-0.39, 0.29) is 11.8 Å². The summed E-state index contributed by atoms with van der Waals surface area (Å²) in [5.41, 5.74) is 0.906. The van der Waals surface area contributed by atoms with E-state index in [4.69, 9.17) is 4.74 Å². The number of rotatable bonds is 6. The minimum Gasteiger partial charge on any atom is -0.493 e. The number of piperidine rings is 1. The molecule has 0 atom stereocenters. The fraction of sp³-hybridized carbons (Fsp3) is 0.545. The molecule has 0 radical (unpaired) electrons. The van der Waals surface area contributed by atoms with Gasteiger partial charge in [0, 0.05) is 50.9 Å². The summed E-state index contributed by atoms with van der Waals surface area (Å²) in [4.78, 5) is 30.9. The maximum Gasteiger partial charge on any atom is 0.246 e. The Morgan fingerprint density at radius 1 is 0.964 bits per heavy atom. The first-order valence-electron chi connectivity index (χ1n) is 10.4. The van der Waals surface area contributed by atoms with Crippen LogP contribution in [0.1, 0.15) is 31.7 Å². The summed E-state index contributed by atoms with van der Waals surface area (Å²) in [6.45, 7) is 7.60. The van der Waals surface area contributed by atoms with Crippen molar-refractivity contribution in [3.63, 3.8) is 0 Å². The second-order valence-electron chi connectivity index (χ2n) is 7.35. The minimum atomic E-state index is 0.00769. The Balaban J connectivity index is 1.46. The smallest absolute Gasteiger partial charge is 0.246 e. The van der Waals surface area contributed by atoms with Gasteiger partial charge in [-0.25, -0.2) is 0 Å². The highest BCUT2D eigenvalue weighted by Crippen LogP contribution is 2.19. The lowest BCUT2D eigenvalue weighted by Crippen LogP contribution is -2.51. The van der Waals surface area contributed by atoms with Crippen LogP contribution in [-0.2, 0) is 9.59 Å². The molecule has 28 heavy (non-hydrogen) atoms. The molecular weight excluding hydrogens is 354 g/mol. The third-order valence-electron chi connectivity index (χ3n) is 5.38. The lowest BCUT2D eigenvalue weighted by Gasteiger charge is -2.35. The topological polar surface area (TPSA) is 53.1 Å². The van der Waals surface area contributed by atoms with Crippen LogP contribution in [0.5, 0.6) is 5.75 Å². The first-order chi connectivity index (χ1) is 13.7. The van der Waals surface area contributed by atoms with Crippen molar-refractivity contribution >= 4 is 17.9 Å². The number of carbonyl (C=O) groups is 2. The Morgan fingerprint density at radius 3 is 2.39 bits per heavy atom. The van der Waals surface area contributed by atoms with Crippen LogP contribution in [0, 0.1) is 0 Å². The lowest BCUT2D eigenvalue weighted by molar-refractivity contribution is -0.134. The zero-order chi connectivity index (χ0) is 19.8. The van der Waals surface area contributed by atoms with E-state index in [1.54, 1.807) is 6.08 Å². The Morgan fingerprint density at radius 2 is 1.68 bits per heavy atom. The molecule has 2 fully saturated rings. The highest BCUT2D eigenvalue weighted by atomic mass is 16.5. The molecule has 1 aromatic carbocycles. The molecular formula is C22H31N3O3. The van der Waals surface area contributed by atoms with E-state index in [9.17, 15) is 9.59 Å². The molecule has 2 amide bonds. The summed E-state index contributed by atoms with van der Waals surface area (Å²) in [6, 6.07) is 7.71. The summed E-state index contributed by atoms with van der Waals surface area (Å²) >= 11 is 0. The van der Waals surface area contributed by atoms with Gasteiger partial charge in [0.05, 0.1) is 13.2 Å². The summed E-state index contributed by atoms with van der Waals surface area (Å²) in [7, 11) is 0. The number of hydrogen-bond acceptors (Lipinski definition) is 4. The van der Waals surface area contributed by atoms with Gasteiger partial charge in [-0.15, -0.1) is 0 Å². The van der Waals surface area contributed by atoms with Gasteiger partial charge in [-0.3, -0.25) is 14.5 Å². The average Bonchev–Trinajstić information content (AvgIpc) is 2.74. The first-order valence-corrected chi connectivity index (χ1v) is 10.4. The summed E-state index contributed by atoms with van der Waals surface area (Å²) < 4.78 is 5.60. The van der Waals surface area contributed by atoms with E-state index in [1.807, 2.05) is 47.1 Å². The molecule has 0 spiro atoms. The predicted molar refractivity (Wildman–Crippen MR) is 110 cm³/mol. The largest absolute Gasteiger partial charge is 0.493 e. The SMILES string of the molecule is CCOc1ccccc1/C=C/C(=O)N1CCN(CC(=O)N2CCCCC2)CC1. The van der Waals surface area contributed by atoms with Crippen molar-refractivity contribution in [3.8, 4) is 5.75 Å². The Labute approximate surface area is 167 Å². The number of benzene rings is 1. The number of hydrogen-bond donors (Lipinski definition) is 0. The van der Waals surface area contributed by atoms with Crippen molar-refractivity contribution < 1.29 is 14.3 Å². The van der Waals surface area contributed by atoms with Gasteiger partial charge >= 0.3 is 0 Å². The molecule has 1 aromatic rings. The quantitative estimate of drug-likeness (QED) is 0.705. The standard InChI is InChI=1S/C22H31N3O3/c1-2-28-20-9-5-4-8-19(20)10-11-21(26)25-16-14-23(15-17-25)18-22(27)24-12-6-3-7-13-24/h4-5,8-11H,2-3,6-7,12-18H2,1H3/b11-10+. The van der Waals surface area contributed by atoms with Crippen molar-refractivity contribution in [3.05, 3.63) is 35.9 Å². The highest BCUT2D eigenvalue weighted by Gasteiger charge is 2.24. The normalized spacial score (nSPS) is 18.5. The molecule has 0 saturated carbocycles. The molecule has 2 aliphatic heterocycles. The van der Waals surface area contributed by atoms with Crippen molar-refractivity contribution in [1.82, 2.24) is 14.7 Å². The highest BCUT2D eigenvalue weighted by molar-refractivity contribution is 5.92. The Hall–Kier alpha value is -2.34. The monoisotopic (exact) mass is 385 g/mol. The number of para-hydroxylation sites is 1. The van der Waals surface area contributed by atoms with Gasteiger partial charge in [0.25, 0.3) is 0 Å². The van der Waals surface area contributed by atoms with Gasteiger partial charge in [0.1, 0.15) is 5.75 Å². The van der Waals surface area contributed by atoms with E-state index in [0.717, 1.165) is 50.3 Å². The van der Waals surface area contributed by atoms with Crippen LogP contribution in [0.25, 0.3) is 6.08 Å².